The average molecular weight is 638 g/mol. The van der Waals surface area contributed by atoms with Gasteiger partial charge in [-0.3, -0.25) is 0 Å². The summed E-state index contributed by atoms with van der Waals surface area (Å²) in [5.74, 6) is 0. The van der Waals surface area contributed by atoms with E-state index in [1.165, 1.54) is 77.1 Å². The van der Waals surface area contributed by atoms with E-state index in [0.29, 0.717) is 0 Å². The van der Waals surface area contributed by atoms with Gasteiger partial charge in [0.15, 0.2) is 0 Å². The molecule has 8 aromatic rings. The maximum atomic E-state index is 2.47. The maximum absolute atomic E-state index is 2.47. The number of fused-ring (bicyclic) bond motifs is 8. The highest BCUT2D eigenvalue weighted by atomic mass is 14.9. The number of aromatic nitrogens is 1. The molecular weight excluding hydrogens is 591 g/mol. The summed E-state index contributed by atoms with van der Waals surface area (Å²) in [5.41, 5.74) is 12.5. The molecule has 1 heteroatoms. The summed E-state index contributed by atoms with van der Waals surface area (Å²) in [6.07, 6.45) is 0. The highest BCUT2D eigenvalue weighted by molar-refractivity contribution is 6.22. The van der Waals surface area contributed by atoms with Crippen molar-refractivity contribution >= 4 is 32.6 Å². The fourth-order valence-corrected chi connectivity index (χ4v) is 7.89. The van der Waals surface area contributed by atoms with E-state index in [1.54, 1.807) is 0 Å². The van der Waals surface area contributed by atoms with Crippen molar-refractivity contribution in [3.63, 3.8) is 0 Å². The Labute approximate surface area is 292 Å². The van der Waals surface area contributed by atoms with Gasteiger partial charge in [-0.05, 0) is 61.8 Å². The summed E-state index contributed by atoms with van der Waals surface area (Å²) in [6, 6.07) is 58.3. The van der Waals surface area contributed by atoms with Crippen LogP contribution in [0.4, 0.5) is 0 Å². The molecule has 0 amide bonds. The van der Waals surface area contributed by atoms with Crippen LogP contribution in [0.5, 0.6) is 0 Å². The van der Waals surface area contributed by atoms with Crippen LogP contribution < -0.4 is 0 Å². The van der Waals surface area contributed by atoms with Crippen LogP contribution in [0.3, 0.4) is 0 Å². The van der Waals surface area contributed by atoms with Gasteiger partial charge in [-0.2, -0.15) is 0 Å². The number of rotatable bonds is 3. The lowest BCUT2D eigenvalue weighted by molar-refractivity contribution is 0.769. The Morgan fingerprint density at radius 3 is 1.67 bits per heavy atom. The molecule has 244 valence electrons. The van der Waals surface area contributed by atoms with E-state index in [-0.39, 0.29) is 0 Å². The summed E-state index contributed by atoms with van der Waals surface area (Å²) in [4.78, 5) is 0. The minimum absolute atomic E-state index is 0.409. The molecule has 0 saturated carbocycles. The Bertz CT molecular complexity index is 2300. The first-order valence-corrected chi connectivity index (χ1v) is 18.0. The quantitative estimate of drug-likeness (QED) is 0.182. The lowest BCUT2D eigenvalue weighted by Gasteiger charge is -2.34. The molecule has 0 unspecified atom stereocenters. The van der Waals surface area contributed by atoms with Crippen molar-refractivity contribution in [2.75, 3.05) is 0 Å². The van der Waals surface area contributed by atoms with E-state index in [9.17, 15) is 0 Å². The summed E-state index contributed by atoms with van der Waals surface area (Å²) >= 11 is 0. The molecule has 1 aromatic heterocycles. The second kappa shape index (κ2) is 14.4. The average Bonchev–Trinajstić information content (AvgIpc) is 3.67. The third-order valence-corrected chi connectivity index (χ3v) is 9.68. The molecule has 1 aliphatic rings. The van der Waals surface area contributed by atoms with E-state index in [2.05, 4.69) is 169 Å². The third kappa shape index (κ3) is 5.16. The molecule has 49 heavy (non-hydrogen) atoms. The number of aryl methyl sites for hydroxylation is 1. The predicted molar refractivity (Wildman–Crippen MR) is 215 cm³/mol. The van der Waals surface area contributed by atoms with Gasteiger partial charge in [0.05, 0.1) is 10.9 Å². The van der Waals surface area contributed by atoms with Crippen LogP contribution in [0.1, 0.15) is 63.8 Å². The number of benzene rings is 7. The highest BCUT2D eigenvalue weighted by Gasteiger charge is 2.46. The lowest BCUT2D eigenvalue weighted by atomic mass is 9.67. The zero-order chi connectivity index (χ0) is 34.5. The van der Waals surface area contributed by atoms with Gasteiger partial charge in [-0.25, -0.2) is 0 Å². The van der Waals surface area contributed by atoms with Crippen molar-refractivity contribution in [3.8, 4) is 22.3 Å². The number of hydrogen-bond donors (Lipinski definition) is 0. The van der Waals surface area contributed by atoms with Gasteiger partial charge < -0.3 is 4.57 Å². The number of para-hydroxylation sites is 1. The van der Waals surface area contributed by atoms with Crippen molar-refractivity contribution in [2.24, 2.45) is 7.05 Å². The van der Waals surface area contributed by atoms with Crippen molar-refractivity contribution in [3.05, 3.63) is 180 Å². The predicted octanol–water partition coefficient (Wildman–Crippen LogP) is 13.6. The SMILES string of the molecule is CC.CC.CC.Cn1c2ccc3ccccc3c2c2cccc(-c3ccc4c(c3)C(c3ccccc3)(c3ccccc3)c3ccccc3-4)c21. The van der Waals surface area contributed by atoms with Crippen LogP contribution in [0.15, 0.2) is 158 Å². The van der Waals surface area contributed by atoms with Gasteiger partial charge in [-0.15, -0.1) is 0 Å². The van der Waals surface area contributed by atoms with Gasteiger partial charge >= 0.3 is 0 Å². The molecule has 0 saturated heterocycles. The van der Waals surface area contributed by atoms with Crippen LogP contribution >= 0.6 is 0 Å². The molecule has 1 nitrogen and oxygen atoms in total. The van der Waals surface area contributed by atoms with Gasteiger partial charge in [0.25, 0.3) is 0 Å². The fraction of sp³-hybridized carbons (Fsp3) is 0.167. The van der Waals surface area contributed by atoms with Crippen LogP contribution in [0, 0.1) is 0 Å². The summed E-state index contributed by atoms with van der Waals surface area (Å²) in [5, 5.41) is 5.21. The minimum Gasteiger partial charge on any atom is -0.343 e. The smallest absolute Gasteiger partial charge is 0.0713 e. The Hall–Kier alpha value is -5.40. The fourth-order valence-electron chi connectivity index (χ4n) is 7.89. The first kappa shape index (κ1) is 33.5. The van der Waals surface area contributed by atoms with E-state index in [1.807, 2.05) is 41.5 Å². The van der Waals surface area contributed by atoms with Crippen LogP contribution in [-0.2, 0) is 12.5 Å². The number of hydrogen-bond acceptors (Lipinski definition) is 0. The Morgan fingerprint density at radius 2 is 0.980 bits per heavy atom. The highest BCUT2D eigenvalue weighted by Crippen LogP contribution is 2.56. The van der Waals surface area contributed by atoms with Crippen molar-refractivity contribution < 1.29 is 0 Å². The van der Waals surface area contributed by atoms with Gasteiger partial charge in [0.1, 0.15) is 0 Å². The molecule has 0 fully saturated rings. The molecular formula is C48H47N. The standard InChI is InChI=1S/C42H29N.3C2H6/c1-43-39-26-24-28-13-8-9-18-32(28)40(39)36-21-12-20-33(41(36)43)29-23-25-35-34-19-10-11-22-37(34)42(38(35)27-29,30-14-4-2-5-15-30)31-16-6-3-7-17-31;3*1-2/h2-27H,1H3;3*1-2H3. The molecule has 0 bridgehead atoms. The van der Waals surface area contributed by atoms with Crippen LogP contribution in [-0.4, -0.2) is 4.57 Å². The molecule has 7 aromatic carbocycles. The van der Waals surface area contributed by atoms with E-state index < -0.39 is 5.41 Å². The Kier molecular flexibility index (Phi) is 9.83. The van der Waals surface area contributed by atoms with E-state index in [4.69, 9.17) is 0 Å². The van der Waals surface area contributed by atoms with Crippen molar-refractivity contribution in [2.45, 2.75) is 47.0 Å². The molecule has 1 aliphatic carbocycles. The zero-order valence-electron chi connectivity index (χ0n) is 30.0. The maximum Gasteiger partial charge on any atom is 0.0713 e. The summed E-state index contributed by atoms with van der Waals surface area (Å²) in [6.45, 7) is 12.0. The second-order valence-corrected chi connectivity index (χ2v) is 11.7. The van der Waals surface area contributed by atoms with Crippen LogP contribution in [0.2, 0.25) is 0 Å². The summed E-state index contributed by atoms with van der Waals surface area (Å²) in [7, 11) is 2.21. The molecule has 0 N–H and O–H groups in total. The largest absolute Gasteiger partial charge is 0.343 e. The molecule has 0 radical (unpaired) electrons. The second-order valence-electron chi connectivity index (χ2n) is 11.7. The normalized spacial score (nSPS) is 12.1. The lowest BCUT2D eigenvalue weighted by Crippen LogP contribution is -2.28. The monoisotopic (exact) mass is 637 g/mol. The Morgan fingerprint density at radius 1 is 0.429 bits per heavy atom. The molecule has 9 rings (SSSR count). The molecule has 0 aliphatic heterocycles. The van der Waals surface area contributed by atoms with Gasteiger partial charge in [0, 0.05) is 28.9 Å². The van der Waals surface area contributed by atoms with E-state index in [0.717, 1.165) is 0 Å². The topological polar surface area (TPSA) is 4.93 Å². The zero-order valence-corrected chi connectivity index (χ0v) is 30.0. The first-order chi connectivity index (χ1) is 24.3. The first-order valence-electron chi connectivity index (χ1n) is 18.0. The third-order valence-electron chi connectivity index (χ3n) is 9.68. The molecule has 1 heterocycles. The van der Waals surface area contributed by atoms with Crippen molar-refractivity contribution in [1.29, 1.82) is 0 Å². The number of nitrogens with zero attached hydrogens (tertiary/aromatic N) is 1. The Balaban J connectivity index is 0.000000661. The summed E-state index contributed by atoms with van der Waals surface area (Å²) < 4.78 is 2.38. The van der Waals surface area contributed by atoms with Gasteiger partial charge in [0.2, 0.25) is 0 Å². The minimum atomic E-state index is -0.409. The van der Waals surface area contributed by atoms with E-state index >= 15 is 0 Å². The van der Waals surface area contributed by atoms with Crippen molar-refractivity contribution in [1.82, 2.24) is 4.57 Å². The van der Waals surface area contributed by atoms with Crippen LogP contribution in [0.25, 0.3) is 54.8 Å². The molecule has 0 atom stereocenters. The van der Waals surface area contributed by atoms with Gasteiger partial charge in [-0.1, -0.05) is 187 Å². The molecule has 0 spiro atoms.